The Hall–Kier alpha value is -1.99. The van der Waals surface area contributed by atoms with Crippen LogP contribution >= 0.6 is 23.5 Å². The summed E-state index contributed by atoms with van der Waals surface area (Å²) in [5.74, 6) is 1.80. The molecule has 1 atom stereocenters. The topological polar surface area (TPSA) is 61.7 Å². The lowest BCUT2D eigenvalue weighted by Crippen LogP contribution is -2.12. The van der Waals surface area contributed by atoms with Crippen LogP contribution in [-0.4, -0.2) is 40.7 Å². The maximum atomic E-state index is 13.3. The molecule has 2 aromatic rings. The number of benzene rings is 2. The Labute approximate surface area is 180 Å². The summed E-state index contributed by atoms with van der Waals surface area (Å²) in [7, 11) is 0. The predicted octanol–water partition coefficient (Wildman–Crippen LogP) is 5.56. The second-order valence-electron chi connectivity index (χ2n) is 6.83. The van der Waals surface area contributed by atoms with Gasteiger partial charge in [0.05, 0.1) is 11.1 Å². The number of aliphatic imine (C=N–C) groups is 1. The second kappa shape index (κ2) is 11.9. The maximum Gasteiger partial charge on any atom is 0.290 e. The molecular formula is C22H27FN2O2S2. The highest BCUT2D eigenvalue weighted by atomic mass is 32.2. The van der Waals surface area contributed by atoms with Crippen LogP contribution in [-0.2, 0) is 4.79 Å². The highest BCUT2D eigenvalue weighted by Crippen LogP contribution is 2.29. The molecule has 0 amide bonds. The summed E-state index contributed by atoms with van der Waals surface area (Å²) < 4.78 is 13.3. The van der Waals surface area contributed by atoms with Crippen LogP contribution in [0.3, 0.4) is 0 Å². The molecule has 2 N–H and O–H groups in total. The number of aryl methyl sites for hydroxylation is 3. The van der Waals surface area contributed by atoms with Crippen LogP contribution in [0.1, 0.15) is 23.1 Å². The van der Waals surface area contributed by atoms with Crippen LogP contribution in [0.15, 0.2) is 46.3 Å². The van der Waals surface area contributed by atoms with Crippen molar-refractivity contribution >= 4 is 40.7 Å². The third-order valence-corrected chi connectivity index (χ3v) is 6.94. The van der Waals surface area contributed by atoms with Gasteiger partial charge in [-0.05, 0) is 56.5 Å². The van der Waals surface area contributed by atoms with E-state index in [1.807, 2.05) is 36.5 Å². The number of nitrogens with one attached hydrogen (secondary N) is 1. The molecule has 3 rings (SSSR count). The number of rotatable bonds is 7. The van der Waals surface area contributed by atoms with Gasteiger partial charge in [-0.1, -0.05) is 23.8 Å². The van der Waals surface area contributed by atoms with E-state index in [1.54, 1.807) is 6.07 Å². The van der Waals surface area contributed by atoms with Gasteiger partial charge in [0.25, 0.3) is 6.47 Å². The molecule has 0 spiro atoms. The average Bonchev–Trinajstić information content (AvgIpc) is 3.14. The summed E-state index contributed by atoms with van der Waals surface area (Å²) in [5.41, 5.74) is 4.58. The van der Waals surface area contributed by atoms with Crippen molar-refractivity contribution in [2.24, 2.45) is 4.99 Å². The minimum absolute atomic E-state index is 0.196. The summed E-state index contributed by atoms with van der Waals surface area (Å²) in [5, 5.41) is 11.5. The Morgan fingerprint density at radius 3 is 2.72 bits per heavy atom. The molecule has 7 heteroatoms. The van der Waals surface area contributed by atoms with Crippen molar-refractivity contribution in [3.63, 3.8) is 0 Å². The number of thioether (sulfide) groups is 2. The van der Waals surface area contributed by atoms with Crippen LogP contribution in [0.2, 0.25) is 0 Å². The van der Waals surface area contributed by atoms with Crippen molar-refractivity contribution in [1.82, 2.24) is 0 Å². The van der Waals surface area contributed by atoms with Gasteiger partial charge < -0.3 is 10.4 Å². The minimum Gasteiger partial charge on any atom is -0.483 e. The van der Waals surface area contributed by atoms with Gasteiger partial charge in [-0.25, -0.2) is 4.39 Å². The summed E-state index contributed by atoms with van der Waals surface area (Å²) in [6.45, 7) is 6.85. The fraction of sp³-hybridized carbons (Fsp3) is 0.364. The van der Waals surface area contributed by atoms with E-state index in [-0.39, 0.29) is 12.3 Å². The van der Waals surface area contributed by atoms with E-state index >= 15 is 0 Å². The highest BCUT2D eigenvalue weighted by molar-refractivity contribution is 8.16. The molecule has 156 valence electrons. The van der Waals surface area contributed by atoms with Gasteiger partial charge in [0.2, 0.25) is 0 Å². The lowest BCUT2D eigenvalue weighted by molar-refractivity contribution is -0.122. The molecule has 0 saturated heterocycles. The molecule has 2 aromatic carbocycles. The van der Waals surface area contributed by atoms with Gasteiger partial charge in [-0.2, -0.15) is 0 Å². The van der Waals surface area contributed by atoms with Crippen molar-refractivity contribution < 1.29 is 14.3 Å². The van der Waals surface area contributed by atoms with Crippen LogP contribution in [0.25, 0.3) is 0 Å². The normalized spacial score (nSPS) is 15.3. The number of hydrogen-bond acceptors (Lipinski definition) is 5. The van der Waals surface area contributed by atoms with Gasteiger partial charge >= 0.3 is 0 Å². The van der Waals surface area contributed by atoms with E-state index < -0.39 is 0 Å². The minimum atomic E-state index is -0.250. The Balaban J connectivity index is 0.000000941. The Bertz CT molecular complexity index is 859. The molecule has 4 nitrogen and oxygen atoms in total. The van der Waals surface area contributed by atoms with Gasteiger partial charge in [0, 0.05) is 28.6 Å². The zero-order valence-electron chi connectivity index (χ0n) is 16.9. The first-order valence-corrected chi connectivity index (χ1v) is 11.4. The maximum absolute atomic E-state index is 13.3. The molecule has 0 fully saturated rings. The first kappa shape index (κ1) is 23.3. The first-order chi connectivity index (χ1) is 13.9. The zero-order valence-corrected chi connectivity index (χ0v) is 18.6. The summed E-state index contributed by atoms with van der Waals surface area (Å²) in [6.07, 6.45) is 0.973. The largest absolute Gasteiger partial charge is 0.483 e. The summed E-state index contributed by atoms with van der Waals surface area (Å²) >= 11 is 3.75. The van der Waals surface area contributed by atoms with E-state index in [9.17, 15) is 4.39 Å². The third-order valence-electron chi connectivity index (χ3n) is 4.46. The number of nitrogens with zero attached hydrogens (tertiary/aromatic N) is 1. The highest BCUT2D eigenvalue weighted by Gasteiger charge is 2.18. The van der Waals surface area contributed by atoms with Gasteiger partial charge in [-0.3, -0.25) is 9.79 Å². The Kier molecular flexibility index (Phi) is 9.54. The number of carbonyl (C=O) groups is 1. The lowest BCUT2D eigenvalue weighted by Gasteiger charge is -2.11. The third kappa shape index (κ3) is 7.74. The van der Waals surface area contributed by atoms with Crippen LogP contribution in [0, 0.1) is 26.6 Å². The Morgan fingerprint density at radius 1 is 1.24 bits per heavy atom. The van der Waals surface area contributed by atoms with Gasteiger partial charge in [0.15, 0.2) is 0 Å². The number of halogens is 1. The summed E-state index contributed by atoms with van der Waals surface area (Å²) in [4.78, 5) is 14.6. The molecule has 1 unspecified atom stereocenters. The molecule has 0 aliphatic carbocycles. The van der Waals surface area contributed by atoms with E-state index in [0.29, 0.717) is 6.04 Å². The first-order valence-electron chi connectivity index (χ1n) is 9.40. The fourth-order valence-corrected chi connectivity index (χ4v) is 5.14. The van der Waals surface area contributed by atoms with Gasteiger partial charge in [-0.15, -0.1) is 23.5 Å². The quantitative estimate of drug-likeness (QED) is 0.441. The Morgan fingerprint density at radius 2 is 1.97 bits per heavy atom. The van der Waals surface area contributed by atoms with E-state index in [4.69, 9.17) is 14.9 Å². The molecule has 0 aromatic heterocycles. The number of carboxylic acid groups (broad SMARTS) is 1. The molecule has 0 bridgehead atoms. The molecule has 1 aliphatic heterocycles. The van der Waals surface area contributed by atoms with Crippen molar-refractivity contribution in [3.8, 4) is 0 Å². The lowest BCUT2D eigenvalue weighted by atomic mass is 10.2. The van der Waals surface area contributed by atoms with E-state index in [1.165, 1.54) is 27.1 Å². The average molecular weight is 435 g/mol. The number of anilines is 1. The van der Waals surface area contributed by atoms with Crippen molar-refractivity contribution in [1.29, 1.82) is 0 Å². The van der Waals surface area contributed by atoms with Crippen LogP contribution in [0.4, 0.5) is 10.1 Å². The SMILES string of the molecule is Cc1ccc(C)c(SCC2=NC(CCNc3cc(F)ccc3C)CS2)c1.O=CO. The zero-order chi connectivity index (χ0) is 21.2. The van der Waals surface area contributed by atoms with Crippen LogP contribution < -0.4 is 5.32 Å². The van der Waals surface area contributed by atoms with Crippen molar-refractivity contribution in [2.75, 3.05) is 23.4 Å². The van der Waals surface area contributed by atoms with E-state index in [0.717, 1.165) is 35.7 Å². The van der Waals surface area contributed by atoms with Crippen LogP contribution in [0.5, 0.6) is 0 Å². The summed E-state index contributed by atoms with van der Waals surface area (Å²) in [6, 6.07) is 11.8. The monoisotopic (exact) mass is 434 g/mol. The number of hydrogen-bond donors (Lipinski definition) is 2. The second-order valence-corrected chi connectivity index (χ2v) is 8.94. The molecule has 0 radical (unpaired) electrons. The van der Waals surface area contributed by atoms with Gasteiger partial charge in [0.1, 0.15) is 5.82 Å². The molecule has 1 heterocycles. The van der Waals surface area contributed by atoms with Crippen molar-refractivity contribution in [3.05, 3.63) is 58.9 Å². The predicted molar refractivity (Wildman–Crippen MR) is 123 cm³/mol. The molecule has 0 saturated carbocycles. The molecule has 1 aliphatic rings. The molecular weight excluding hydrogens is 407 g/mol. The fourth-order valence-electron chi connectivity index (χ4n) is 2.86. The smallest absolute Gasteiger partial charge is 0.290 e. The molecule has 29 heavy (non-hydrogen) atoms. The van der Waals surface area contributed by atoms with Crippen molar-refractivity contribution in [2.45, 2.75) is 38.1 Å². The van der Waals surface area contributed by atoms with E-state index in [2.05, 4.69) is 37.4 Å². The standard InChI is InChI=1S/C21H25FN2S2.CH2O2/c1-14-4-5-16(3)20(10-14)25-13-21-24-18(12-26-21)8-9-23-19-11-17(22)7-6-15(19)2;2-1-3/h4-7,10-11,18,23H,8-9,12-13H2,1-3H3;1H,(H,2,3).